The average Bonchev–Trinajstić information content (AvgIpc) is 2.58. The van der Waals surface area contributed by atoms with Crippen LogP contribution in [0.5, 0.6) is 0 Å². The van der Waals surface area contributed by atoms with Crippen LogP contribution in [0, 0.1) is 12.8 Å². The van der Waals surface area contributed by atoms with Crippen molar-refractivity contribution in [1.29, 1.82) is 0 Å². The third-order valence-corrected chi connectivity index (χ3v) is 3.92. The number of nitrogens with zero attached hydrogens (tertiary/aromatic N) is 2. The lowest BCUT2D eigenvalue weighted by atomic mass is 10.0. The Balaban J connectivity index is 2.38. The smallest absolute Gasteiger partial charge is 0.252 e. The molecule has 0 radical (unpaired) electrons. The topological polar surface area (TPSA) is 114 Å². The number of hydrogen-bond acceptors (Lipinski definition) is 6. The van der Waals surface area contributed by atoms with Gasteiger partial charge in [-0.25, -0.2) is 10.8 Å². The molecule has 0 bridgehead atoms. The summed E-state index contributed by atoms with van der Waals surface area (Å²) < 4.78 is 0. The lowest BCUT2D eigenvalue weighted by Crippen LogP contribution is -2.43. The van der Waals surface area contributed by atoms with Gasteiger partial charge < -0.3 is 15.8 Å². The first kappa shape index (κ1) is 19.4. The molecular weight excluding hydrogens is 330 g/mol. The van der Waals surface area contributed by atoms with E-state index in [1.54, 1.807) is 12.1 Å². The molecule has 0 unspecified atom stereocenters. The van der Waals surface area contributed by atoms with E-state index in [2.05, 4.69) is 10.3 Å². The van der Waals surface area contributed by atoms with E-state index in [0.29, 0.717) is 24.0 Å². The van der Waals surface area contributed by atoms with Gasteiger partial charge in [-0.1, -0.05) is 26.0 Å². The van der Waals surface area contributed by atoms with Crippen LogP contribution in [0.25, 0.3) is 0 Å². The maximum Gasteiger partial charge on any atom is 0.252 e. The molecule has 2 rings (SSSR count). The minimum Gasteiger partial charge on any atom is -0.365 e. The molecule has 7 nitrogen and oxygen atoms in total. The number of hydrogen-bond donors (Lipinski definition) is 3. The van der Waals surface area contributed by atoms with Gasteiger partial charge in [0.15, 0.2) is 0 Å². The van der Waals surface area contributed by atoms with Gasteiger partial charge in [-0.05, 0) is 49.1 Å². The van der Waals surface area contributed by atoms with E-state index in [4.69, 9.17) is 11.6 Å². The molecule has 0 saturated carbocycles. The average molecular weight is 355 g/mol. The summed E-state index contributed by atoms with van der Waals surface area (Å²) in [6.45, 7) is 5.99. The fraction of sp³-hybridized carbons (Fsp3) is 0.316. The zero-order chi connectivity index (χ0) is 19.3. The van der Waals surface area contributed by atoms with Gasteiger partial charge in [-0.2, -0.15) is 0 Å². The Morgan fingerprint density at radius 2 is 2.04 bits per heavy atom. The molecule has 1 aromatic heterocycles. The predicted molar refractivity (Wildman–Crippen MR) is 103 cm³/mol. The maximum absolute atomic E-state index is 11.7. The van der Waals surface area contributed by atoms with E-state index < -0.39 is 11.9 Å². The van der Waals surface area contributed by atoms with Crippen molar-refractivity contribution in [2.45, 2.75) is 33.2 Å². The number of aromatic nitrogens is 1. The summed E-state index contributed by atoms with van der Waals surface area (Å²) in [7, 11) is 0. The van der Waals surface area contributed by atoms with Crippen LogP contribution < -0.4 is 21.9 Å². The van der Waals surface area contributed by atoms with E-state index >= 15 is 0 Å². The summed E-state index contributed by atoms with van der Waals surface area (Å²) in [5, 5.41) is 4.42. The highest BCUT2D eigenvalue weighted by atomic mass is 16.1. The molecule has 0 saturated heterocycles. The second-order valence-corrected chi connectivity index (χ2v) is 6.66. The number of hydrazine groups is 1. The van der Waals surface area contributed by atoms with Crippen molar-refractivity contribution in [2.24, 2.45) is 17.5 Å². The van der Waals surface area contributed by atoms with Crippen molar-refractivity contribution >= 4 is 29.5 Å². The van der Waals surface area contributed by atoms with Crippen molar-refractivity contribution in [2.75, 3.05) is 10.3 Å². The molecule has 1 amide bonds. The number of carbonyl (C=O) groups excluding carboxylic acids is 2. The fourth-order valence-corrected chi connectivity index (χ4v) is 2.63. The van der Waals surface area contributed by atoms with Crippen LogP contribution in [0.3, 0.4) is 0 Å². The van der Waals surface area contributed by atoms with Gasteiger partial charge in [0, 0.05) is 5.69 Å². The quantitative estimate of drug-likeness (QED) is 0.381. The molecule has 0 aliphatic heterocycles. The van der Waals surface area contributed by atoms with Gasteiger partial charge in [-0.3, -0.25) is 9.80 Å². The highest BCUT2D eigenvalue weighted by molar-refractivity contribution is 5.98. The van der Waals surface area contributed by atoms with Crippen molar-refractivity contribution in [3.8, 4) is 0 Å². The maximum atomic E-state index is 11.7. The number of amides is 1. The normalized spacial score (nSPS) is 11.9. The molecule has 1 atom stereocenters. The van der Waals surface area contributed by atoms with Crippen molar-refractivity contribution in [3.05, 3.63) is 47.5 Å². The third-order valence-electron chi connectivity index (χ3n) is 3.92. The zero-order valence-electron chi connectivity index (χ0n) is 15.3. The minimum atomic E-state index is -0.600. The van der Waals surface area contributed by atoms with Gasteiger partial charge in [0.2, 0.25) is 0 Å². The summed E-state index contributed by atoms with van der Waals surface area (Å²) in [5.74, 6) is 6.48. The minimum absolute atomic E-state index is 0.246. The van der Waals surface area contributed by atoms with Crippen molar-refractivity contribution in [3.63, 3.8) is 0 Å². The monoisotopic (exact) mass is 355 g/mol. The molecule has 138 valence electrons. The predicted octanol–water partition coefficient (Wildman–Crippen LogP) is 2.53. The number of rotatable bonds is 8. The van der Waals surface area contributed by atoms with Crippen molar-refractivity contribution < 1.29 is 9.59 Å². The number of aldehydes is 1. The third kappa shape index (κ3) is 4.80. The Bertz CT molecular complexity index is 791. The van der Waals surface area contributed by atoms with Crippen LogP contribution in [0.1, 0.15) is 36.2 Å². The van der Waals surface area contributed by atoms with E-state index in [0.717, 1.165) is 17.5 Å². The lowest BCUT2D eigenvalue weighted by Gasteiger charge is -2.26. The van der Waals surface area contributed by atoms with E-state index in [1.807, 2.05) is 45.0 Å². The molecule has 7 heteroatoms. The largest absolute Gasteiger partial charge is 0.365 e. The number of benzene rings is 1. The fourth-order valence-electron chi connectivity index (χ4n) is 2.63. The molecule has 0 aliphatic carbocycles. The van der Waals surface area contributed by atoms with Crippen LogP contribution in [0.4, 0.5) is 17.3 Å². The Morgan fingerprint density at radius 3 is 2.62 bits per heavy atom. The van der Waals surface area contributed by atoms with Crippen LogP contribution in [-0.4, -0.2) is 23.2 Å². The first-order chi connectivity index (χ1) is 12.3. The second-order valence-electron chi connectivity index (χ2n) is 6.66. The Labute approximate surface area is 153 Å². The lowest BCUT2D eigenvalue weighted by molar-refractivity contribution is -0.109. The molecule has 2 aromatic rings. The number of pyridine rings is 1. The van der Waals surface area contributed by atoms with E-state index in [1.165, 1.54) is 5.01 Å². The van der Waals surface area contributed by atoms with Gasteiger partial charge in [0.1, 0.15) is 24.0 Å². The van der Waals surface area contributed by atoms with Gasteiger partial charge >= 0.3 is 0 Å². The van der Waals surface area contributed by atoms with Crippen LogP contribution in [0.2, 0.25) is 0 Å². The van der Waals surface area contributed by atoms with Crippen LogP contribution in [0.15, 0.2) is 36.4 Å². The van der Waals surface area contributed by atoms with E-state index in [-0.39, 0.29) is 5.56 Å². The highest BCUT2D eigenvalue weighted by Crippen LogP contribution is 2.24. The zero-order valence-corrected chi connectivity index (χ0v) is 15.3. The molecule has 26 heavy (non-hydrogen) atoms. The first-order valence-electron chi connectivity index (χ1n) is 8.45. The van der Waals surface area contributed by atoms with Gasteiger partial charge in [0.25, 0.3) is 5.91 Å². The number of nitrogens with two attached hydrogens (primary N) is 2. The molecule has 5 N–H and O–H groups in total. The molecule has 1 aromatic carbocycles. The standard InChI is InChI=1S/C19H25N5O2/c1-12(2)9-15(11-25)24(21)17-8-7-16(18(20)26)19(23-17)22-14-6-4-5-13(3)10-14/h4-8,10-12,15H,9,21H2,1-3H3,(H2,20,26)(H,22,23)/t15-/m1/s1. The van der Waals surface area contributed by atoms with Gasteiger partial charge in [-0.15, -0.1) is 0 Å². The molecule has 0 aliphatic rings. The number of aryl methyl sites for hydroxylation is 1. The van der Waals surface area contributed by atoms with Crippen LogP contribution >= 0.6 is 0 Å². The highest BCUT2D eigenvalue weighted by Gasteiger charge is 2.20. The Hall–Kier alpha value is -2.93. The van der Waals surface area contributed by atoms with Crippen LogP contribution in [-0.2, 0) is 4.79 Å². The van der Waals surface area contributed by atoms with E-state index in [9.17, 15) is 9.59 Å². The molecule has 1 heterocycles. The first-order valence-corrected chi connectivity index (χ1v) is 8.45. The number of nitrogens with one attached hydrogen (secondary N) is 1. The summed E-state index contributed by atoms with van der Waals surface area (Å²) in [5.41, 5.74) is 7.54. The number of carbonyl (C=O) groups is 2. The molecule has 0 fully saturated rings. The SMILES string of the molecule is Cc1cccc(Nc2nc(N(N)[C@@H](C=O)CC(C)C)ccc2C(N)=O)c1. The van der Waals surface area contributed by atoms with Gasteiger partial charge in [0.05, 0.1) is 5.56 Å². The number of primary amides is 1. The van der Waals surface area contributed by atoms with Crippen molar-refractivity contribution in [1.82, 2.24) is 4.98 Å². The molecular formula is C19H25N5O2. The summed E-state index contributed by atoms with van der Waals surface area (Å²) >= 11 is 0. The summed E-state index contributed by atoms with van der Waals surface area (Å²) in [6, 6.07) is 10.3. The summed E-state index contributed by atoms with van der Waals surface area (Å²) in [4.78, 5) is 27.6. The Kier molecular flexibility index (Phi) is 6.30. The molecule has 0 spiro atoms. The number of anilines is 3. The Morgan fingerprint density at radius 1 is 1.31 bits per heavy atom. The summed E-state index contributed by atoms with van der Waals surface area (Å²) in [6.07, 6.45) is 1.40. The second kappa shape index (κ2) is 8.44.